The normalized spacial score (nSPS) is 16.3. The van der Waals surface area contributed by atoms with Crippen molar-refractivity contribution in [3.8, 4) is 0 Å². The molecule has 0 unspecified atom stereocenters. The summed E-state index contributed by atoms with van der Waals surface area (Å²) in [7, 11) is 1.90. The molecule has 1 aliphatic heterocycles. The molecular formula is C19H17ClN2OSe. The molecule has 0 radical (unpaired) electrons. The molecule has 0 spiro atoms. The van der Waals surface area contributed by atoms with Gasteiger partial charge in [-0.2, -0.15) is 0 Å². The van der Waals surface area contributed by atoms with Crippen LogP contribution in [0.1, 0.15) is 11.1 Å². The van der Waals surface area contributed by atoms with Gasteiger partial charge in [-0.15, -0.1) is 0 Å². The molecule has 1 aliphatic rings. The zero-order valence-electron chi connectivity index (χ0n) is 13.3. The van der Waals surface area contributed by atoms with Crippen LogP contribution in [-0.2, 0) is 11.2 Å². The topological polar surface area (TPSA) is 23.6 Å². The molecule has 0 aliphatic carbocycles. The Balaban J connectivity index is 1.77. The van der Waals surface area contributed by atoms with Crippen molar-refractivity contribution in [3.63, 3.8) is 0 Å². The fourth-order valence-electron chi connectivity index (χ4n) is 2.61. The van der Waals surface area contributed by atoms with Crippen LogP contribution in [0.3, 0.4) is 0 Å². The Bertz CT molecular complexity index is 787. The van der Waals surface area contributed by atoms with Crippen LogP contribution in [0.25, 0.3) is 6.08 Å². The predicted octanol–water partition coefficient (Wildman–Crippen LogP) is 2.95. The first kappa shape index (κ1) is 17.0. The van der Waals surface area contributed by atoms with Crippen molar-refractivity contribution in [1.29, 1.82) is 0 Å². The van der Waals surface area contributed by atoms with Crippen LogP contribution >= 0.6 is 11.6 Å². The number of hydrogen-bond donors (Lipinski definition) is 0. The molecular weight excluding hydrogens is 387 g/mol. The van der Waals surface area contributed by atoms with E-state index in [1.54, 1.807) is 4.90 Å². The number of rotatable bonds is 4. The molecule has 2 aromatic rings. The Labute approximate surface area is 154 Å². The summed E-state index contributed by atoms with van der Waals surface area (Å²) in [5.41, 5.74) is 2.82. The fraction of sp³-hybridized carbons (Fsp3) is 0.158. The van der Waals surface area contributed by atoms with E-state index >= 15 is 0 Å². The quantitative estimate of drug-likeness (QED) is 0.579. The van der Waals surface area contributed by atoms with Crippen molar-refractivity contribution < 1.29 is 4.79 Å². The third kappa shape index (κ3) is 3.62. The number of nitrogens with zero attached hydrogens (tertiary/aromatic N) is 2. The molecule has 0 saturated carbocycles. The monoisotopic (exact) mass is 404 g/mol. The van der Waals surface area contributed by atoms with Gasteiger partial charge < -0.3 is 0 Å². The average Bonchev–Trinajstić information content (AvgIpc) is 2.79. The van der Waals surface area contributed by atoms with E-state index < -0.39 is 0 Å². The van der Waals surface area contributed by atoms with Gasteiger partial charge in [-0.25, -0.2) is 0 Å². The van der Waals surface area contributed by atoms with Gasteiger partial charge in [0, 0.05) is 0 Å². The Morgan fingerprint density at radius 3 is 2.42 bits per heavy atom. The average molecular weight is 404 g/mol. The van der Waals surface area contributed by atoms with Crippen molar-refractivity contribution in [2.45, 2.75) is 6.42 Å². The maximum atomic E-state index is 12.8. The van der Waals surface area contributed by atoms with E-state index in [1.165, 1.54) is 5.56 Å². The van der Waals surface area contributed by atoms with Crippen LogP contribution in [0.5, 0.6) is 0 Å². The van der Waals surface area contributed by atoms with Crippen LogP contribution < -0.4 is 0 Å². The number of carbonyl (C=O) groups is 1. The predicted molar refractivity (Wildman–Crippen MR) is 99.8 cm³/mol. The third-order valence-corrected chi connectivity index (χ3v) is 5.27. The molecule has 5 heteroatoms. The van der Waals surface area contributed by atoms with Gasteiger partial charge in [0.25, 0.3) is 0 Å². The molecule has 0 aromatic heterocycles. The van der Waals surface area contributed by atoms with Crippen molar-refractivity contribution in [2.75, 3.05) is 13.6 Å². The number of benzene rings is 2. The minimum absolute atomic E-state index is 0.0112. The SMILES string of the molecule is CN1C(=[Se])N(CCc2ccccc2)C(=O)C1=Cc1ccc(Cl)cc1. The van der Waals surface area contributed by atoms with E-state index in [1.807, 2.05) is 60.5 Å². The summed E-state index contributed by atoms with van der Waals surface area (Å²) in [4.78, 5) is 16.4. The third-order valence-electron chi connectivity index (χ3n) is 3.98. The number of carbonyl (C=O) groups excluding carboxylic acids is 1. The molecule has 1 amide bonds. The summed E-state index contributed by atoms with van der Waals surface area (Å²) in [5.74, 6) is 0.0112. The number of hydrogen-bond acceptors (Lipinski definition) is 2. The second-order valence-corrected chi connectivity index (χ2v) is 6.82. The summed E-state index contributed by atoms with van der Waals surface area (Å²) < 4.78 is 0.830. The molecule has 1 fully saturated rings. The van der Waals surface area contributed by atoms with Gasteiger partial charge in [-0.05, 0) is 0 Å². The van der Waals surface area contributed by atoms with Crippen molar-refractivity contribution in [2.24, 2.45) is 0 Å². The Morgan fingerprint density at radius 1 is 1.08 bits per heavy atom. The van der Waals surface area contributed by atoms with Gasteiger partial charge in [-0.1, -0.05) is 0 Å². The first-order valence-corrected chi connectivity index (χ1v) is 8.90. The molecule has 1 heterocycles. The molecule has 0 bridgehead atoms. The van der Waals surface area contributed by atoms with Crippen LogP contribution in [0.2, 0.25) is 5.02 Å². The second kappa shape index (κ2) is 7.35. The van der Waals surface area contributed by atoms with Gasteiger partial charge >= 0.3 is 155 Å². The van der Waals surface area contributed by atoms with E-state index in [4.69, 9.17) is 11.6 Å². The van der Waals surface area contributed by atoms with Gasteiger partial charge in [-0.3, -0.25) is 0 Å². The maximum absolute atomic E-state index is 12.8. The van der Waals surface area contributed by atoms with Crippen molar-refractivity contribution in [3.05, 3.63) is 76.4 Å². The van der Waals surface area contributed by atoms with Gasteiger partial charge in [0.2, 0.25) is 0 Å². The molecule has 3 nitrogen and oxygen atoms in total. The first-order valence-electron chi connectivity index (χ1n) is 7.67. The van der Waals surface area contributed by atoms with Gasteiger partial charge in [0.15, 0.2) is 0 Å². The molecule has 2 aromatic carbocycles. The minimum atomic E-state index is 0.0112. The zero-order chi connectivity index (χ0) is 17.1. The zero-order valence-corrected chi connectivity index (χ0v) is 15.7. The molecule has 122 valence electrons. The number of likely N-dealkylation sites (N-methyl/N-ethyl adjacent to an activating group) is 1. The standard InChI is InChI=1S/C19H17ClN2OSe/c1-21-17(13-15-7-9-16(20)10-8-15)18(23)22(19(21)24)12-11-14-5-3-2-4-6-14/h2-10,13H,11-12H2,1H3. The first-order chi connectivity index (χ1) is 11.6. The molecule has 3 rings (SSSR count). The van der Waals surface area contributed by atoms with E-state index in [0.29, 0.717) is 17.3 Å². The van der Waals surface area contributed by atoms with Crippen LogP contribution in [0.4, 0.5) is 0 Å². The summed E-state index contributed by atoms with van der Waals surface area (Å²) >= 11 is 8.93. The summed E-state index contributed by atoms with van der Waals surface area (Å²) in [5, 5.41) is 0.684. The summed E-state index contributed by atoms with van der Waals surface area (Å²) in [6.07, 6.45) is 2.71. The Kier molecular flexibility index (Phi) is 5.20. The van der Waals surface area contributed by atoms with Crippen molar-refractivity contribution in [1.82, 2.24) is 9.80 Å². The Morgan fingerprint density at radius 2 is 1.75 bits per heavy atom. The second-order valence-electron chi connectivity index (χ2n) is 5.62. The van der Waals surface area contributed by atoms with Gasteiger partial charge in [0.05, 0.1) is 0 Å². The van der Waals surface area contributed by atoms with E-state index in [9.17, 15) is 4.79 Å². The van der Waals surface area contributed by atoms with Crippen LogP contribution in [0.15, 0.2) is 60.3 Å². The summed E-state index contributed by atoms with van der Waals surface area (Å²) in [6.45, 7) is 0.646. The van der Waals surface area contributed by atoms with Crippen LogP contribution in [-0.4, -0.2) is 49.5 Å². The van der Waals surface area contributed by atoms with E-state index in [-0.39, 0.29) is 5.91 Å². The molecule has 0 N–H and O–H groups in total. The van der Waals surface area contributed by atoms with Crippen molar-refractivity contribution >= 4 is 43.8 Å². The van der Waals surface area contributed by atoms with E-state index in [0.717, 1.165) is 16.6 Å². The molecule has 1 saturated heterocycles. The Hall–Kier alpha value is -1.87. The molecule has 24 heavy (non-hydrogen) atoms. The molecule has 0 atom stereocenters. The number of amides is 1. The fourth-order valence-corrected chi connectivity index (χ4v) is 3.31. The van der Waals surface area contributed by atoms with Crippen LogP contribution in [0, 0.1) is 0 Å². The number of halogens is 1. The van der Waals surface area contributed by atoms with Gasteiger partial charge in [0.1, 0.15) is 0 Å². The summed E-state index contributed by atoms with van der Waals surface area (Å²) in [6, 6.07) is 17.6. The van der Waals surface area contributed by atoms with E-state index in [2.05, 4.69) is 27.7 Å².